The highest BCUT2D eigenvalue weighted by atomic mass is 32.2. The van der Waals surface area contributed by atoms with Crippen LogP contribution in [0.2, 0.25) is 0 Å². The third-order valence-corrected chi connectivity index (χ3v) is 4.69. The fourth-order valence-corrected chi connectivity index (χ4v) is 3.47. The summed E-state index contributed by atoms with van der Waals surface area (Å²) in [7, 11) is 0. The first-order chi connectivity index (χ1) is 9.98. The molecule has 1 fully saturated rings. The van der Waals surface area contributed by atoms with E-state index in [1.165, 1.54) is 11.8 Å². The minimum atomic E-state index is -1.04. The minimum Gasteiger partial charge on any atom is -0.373 e. The van der Waals surface area contributed by atoms with Crippen LogP contribution >= 0.6 is 11.8 Å². The van der Waals surface area contributed by atoms with Gasteiger partial charge in [-0.2, -0.15) is 0 Å². The lowest BCUT2D eigenvalue weighted by Crippen LogP contribution is -2.50. The van der Waals surface area contributed by atoms with Crippen LogP contribution < -0.4 is 0 Å². The first-order valence-corrected chi connectivity index (χ1v) is 8.98. The first kappa shape index (κ1) is 19.7. The monoisotopic (exact) mass is 330 g/mol. The van der Waals surface area contributed by atoms with Gasteiger partial charge in [-0.3, -0.25) is 4.79 Å². The van der Waals surface area contributed by atoms with Crippen molar-refractivity contribution in [1.29, 1.82) is 0 Å². The highest BCUT2D eigenvalue weighted by Gasteiger charge is 2.46. The molecule has 0 heterocycles. The van der Waals surface area contributed by atoms with E-state index in [0.29, 0.717) is 18.4 Å². The second kappa shape index (κ2) is 7.47. The van der Waals surface area contributed by atoms with E-state index >= 15 is 0 Å². The van der Waals surface area contributed by atoms with Gasteiger partial charge in [-0.25, -0.2) is 0 Å². The Bertz CT molecular complexity index is 415. The van der Waals surface area contributed by atoms with Crippen molar-refractivity contribution in [2.24, 2.45) is 5.92 Å². The maximum atomic E-state index is 12.4. The van der Waals surface area contributed by atoms with Crippen LogP contribution in [0.25, 0.3) is 0 Å². The molecule has 1 saturated carbocycles. The fourth-order valence-electron chi connectivity index (χ4n) is 2.84. The Labute approximate surface area is 138 Å². The molecular weight excluding hydrogens is 300 g/mol. The van der Waals surface area contributed by atoms with Crippen LogP contribution in [-0.4, -0.2) is 40.1 Å². The highest BCUT2D eigenvalue weighted by Crippen LogP contribution is 2.42. The molecule has 0 aromatic rings. The molecule has 22 heavy (non-hydrogen) atoms. The number of rotatable bonds is 5. The lowest BCUT2D eigenvalue weighted by Gasteiger charge is -2.45. The number of hydrogen-bond acceptors (Lipinski definition) is 5. The molecule has 0 aliphatic heterocycles. The van der Waals surface area contributed by atoms with Crippen LogP contribution in [-0.2, 0) is 14.3 Å². The van der Waals surface area contributed by atoms with Crippen LogP contribution in [0.5, 0.6) is 0 Å². The molecule has 1 aliphatic carbocycles. The molecule has 4 unspecified atom stereocenters. The third kappa shape index (κ3) is 5.37. The van der Waals surface area contributed by atoms with Crippen molar-refractivity contribution in [2.45, 2.75) is 77.5 Å². The van der Waals surface area contributed by atoms with E-state index in [4.69, 9.17) is 9.47 Å². The van der Waals surface area contributed by atoms with Crippen molar-refractivity contribution < 1.29 is 19.4 Å². The van der Waals surface area contributed by atoms with E-state index in [-0.39, 0.29) is 22.7 Å². The van der Waals surface area contributed by atoms with Crippen LogP contribution in [0.4, 0.5) is 0 Å². The number of carbonyl (C=O) groups excluding carboxylic acids is 1. The summed E-state index contributed by atoms with van der Waals surface area (Å²) in [6, 6.07) is 0. The third-order valence-electron chi connectivity index (χ3n) is 4.01. The van der Waals surface area contributed by atoms with Gasteiger partial charge in [0, 0.05) is 0 Å². The van der Waals surface area contributed by atoms with Gasteiger partial charge in [0.05, 0.1) is 23.2 Å². The number of aliphatic hydroxyl groups excluding tert-OH is 1. The number of thioether (sulfide) groups is 1. The van der Waals surface area contributed by atoms with Crippen LogP contribution in [0.15, 0.2) is 12.2 Å². The van der Waals surface area contributed by atoms with Crippen LogP contribution in [0, 0.1) is 5.92 Å². The molecule has 4 nitrogen and oxygen atoms in total. The van der Waals surface area contributed by atoms with Gasteiger partial charge in [0.15, 0.2) is 11.4 Å². The normalized spacial score (nSPS) is 30.9. The quantitative estimate of drug-likeness (QED) is 0.617. The molecule has 1 rings (SSSR count). The largest absolute Gasteiger partial charge is 0.373 e. The molecule has 1 aliphatic rings. The van der Waals surface area contributed by atoms with Crippen molar-refractivity contribution in [1.82, 2.24) is 0 Å². The standard InChI is InChI=1S/C17H30O4S/c1-11(2)14(18)21-17(6)9-8-12(20-16(3,4)5)10-13(17)15(19)22-7/h12-14,18H,1,8-10H2,2-7H3. The predicted octanol–water partition coefficient (Wildman–Crippen LogP) is 3.53. The topological polar surface area (TPSA) is 55.8 Å². The summed E-state index contributed by atoms with van der Waals surface area (Å²) in [5.41, 5.74) is -0.371. The second-order valence-corrected chi connectivity index (χ2v) is 8.14. The Morgan fingerprint density at radius 3 is 2.50 bits per heavy atom. The number of carbonyl (C=O) groups is 1. The van der Waals surface area contributed by atoms with Crippen molar-refractivity contribution in [3.8, 4) is 0 Å². The average molecular weight is 330 g/mol. The molecule has 5 heteroatoms. The summed E-state index contributed by atoms with van der Waals surface area (Å²) in [6.45, 7) is 13.4. The van der Waals surface area contributed by atoms with Gasteiger partial charge in [-0.15, -0.1) is 0 Å². The molecule has 128 valence electrons. The van der Waals surface area contributed by atoms with Gasteiger partial charge in [0.2, 0.25) is 0 Å². The predicted molar refractivity (Wildman–Crippen MR) is 90.8 cm³/mol. The Balaban J connectivity index is 2.90. The van der Waals surface area contributed by atoms with E-state index in [2.05, 4.69) is 6.58 Å². The van der Waals surface area contributed by atoms with Crippen LogP contribution in [0.1, 0.15) is 53.9 Å². The summed E-state index contributed by atoms with van der Waals surface area (Å²) >= 11 is 1.21. The number of aliphatic hydroxyl groups is 1. The van der Waals surface area contributed by atoms with Crippen molar-refractivity contribution in [3.63, 3.8) is 0 Å². The van der Waals surface area contributed by atoms with Gasteiger partial charge in [0.1, 0.15) is 0 Å². The summed E-state index contributed by atoms with van der Waals surface area (Å²) in [5.74, 6) is -0.294. The van der Waals surface area contributed by atoms with E-state index in [0.717, 1.165) is 6.42 Å². The maximum absolute atomic E-state index is 12.4. The summed E-state index contributed by atoms with van der Waals surface area (Å²) in [4.78, 5) is 12.4. The Morgan fingerprint density at radius 1 is 1.45 bits per heavy atom. The first-order valence-electron chi connectivity index (χ1n) is 7.75. The zero-order valence-corrected chi connectivity index (χ0v) is 15.5. The average Bonchev–Trinajstić information content (AvgIpc) is 2.38. The SMILES string of the molecule is C=C(C)C(O)OC1(C)CCC(OC(C)(C)C)CC1C(=O)SC. The van der Waals surface area contributed by atoms with Crippen molar-refractivity contribution in [2.75, 3.05) is 6.26 Å². The van der Waals surface area contributed by atoms with Gasteiger partial charge in [-0.1, -0.05) is 18.3 Å². The van der Waals surface area contributed by atoms with Gasteiger partial charge in [0.25, 0.3) is 0 Å². The summed E-state index contributed by atoms with van der Waals surface area (Å²) < 4.78 is 11.9. The summed E-state index contributed by atoms with van der Waals surface area (Å²) in [6.07, 6.45) is 2.90. The zero-order valence-electron chi connectivity index (χ0n) is 14.6. The second-order valence-electron chi connectivity index (χ2n) is 7.33. The lowest BCUT2D eigenvalue weighted by molar-refractivity contribution is -0.207. The smallest absolute Gasteiger partial charge is 0.194 e. The number of hydrogen-bond donors (Lipinski definition) is 1. The minimum absolute atomic E-state index is 0.0414. The Kier molecular flexibility index (Phi) is 6.69. The van der Waals surface area contributed by atoms with Gasteiger partial charge < -0.3 is 14.6 Å². The van der Waals surface area contributed by atoms with Crippen molar-refractivity contribution >= 4 is 16.9 Å². The van der Waals surface area contributed by atoms with Crippen molar-refractivity contribution in [3.05, 3.63) is 12.2 Å². The van der Waals surface area contributed by atoms with E-state index in [9.17, 15) is 9.90 Å². The van der Waals surface area contributed by atoms with E-state index < -0.39 is 11.9 Å². The van der Waals surface area contributed by atoms with Gasteiger partial charge >= 0.3 is 0 Å². The van der Waals surface area contributed by atoms with Crippen LogP contribution in [0.3, 0.4) is 0 Å². The molecule has 0 aromatic heterocycles. The maximum Gasteiger partial charge on any atom is 0.194 e. The Morgan fingerprint density at radius 2 is 2.05 bits per heavy atom. The highest BCUT2D eigenvalue weighted by molar-refractivity contribution is 8.13. The molecule has 1 N–H and O–H groups in total. The molecule has 0 bridgehead atoms. The Hall–Kier alpha value is -0.360. The van der Waals surface area contributed by atoms with E-state index in [1.54, 1.807) is 13.2 Å². The molecule has 4 atom stereocenters. The van der Waals surface area contributed by atoms with E-state index in [1.807, 2.05) is 27.7 Å². The fraction of sp³-hybridized carbons (Fsp3) is 0.824. The zero-order chi connectivity index (χ0) is 17.1. The molecular formula is C17H30O4S. The molecule has 0 saturated heterocycles. The molecule has 0 radical (unpaired) electrons. The number of ether oxygens (including phenoxy) is 2. The summed E-state index contributed by atoms with van der Waals surface area (Å²) in [5, 5.41) is 10.1. The lowest BCUT2D eigenvalue weighted by atomic mass is 9.75. The molecule has 0 amide bonds. The molecule has 0 spiro atoms. The molecule has 0 aromatic carbocycles. The van der Waals surface area contributed by atoms with Gasteiger partial charge in [-0.05, 0) is 65.7 Å².